The normalized spacial score (nSPS) is 23.6. The van der Waals surface area contributed by atoms with Gasteiger partial charge in [0.15, 0.2) is 5.17 Å². The van der Waals surface area contributed by atoms with Crippen molar-refractivity contribution >= 4 is 50.1 Å². The van der Waals surface area contributed by atoms with Crippen LogP contribution in [-0.2, 0) is 0 Å². The lowest BCUT2D eigenvalue weighted by Gasteiger charge is -2.15. The Morgan fingerprint density at radius 2 is 2.35 bits per heavy atom. The molecule has 1 aliphatic rings. The number of rotatable bonds is 2. The molecule has 0 aliphatic carbocycles. The Hall–Kier alpha value is -0.190. The number of halogens is 2. The van der Waals surface area contributed by atoms with Crippen molar-refractivity contribution in [2.75, 3.05) is 11.1 Å². The maximum absolute atomic E-state index is 6.16. The Balaban J connectivity index is 2.15. The van der Waals surface area contributed by atoms with Gasteiger partial charge in [0.2, 0.25) is 0 Å². The van der Waals surface area contributed by atoms with Crippen LogP contribution in [0.15, 0.2) is 27.7 Å². The van der Waals surface area contributed by atoms with E-state index >= 15 is 0 Å². The Labute approximate surface area is 119 Å². The van der Waals surface area contributed by atoms with Gasteiger partial charge >= 0.3 is 0 Å². The lowest BCUT2D eigenvalue weighted by molar-refractivity contribution is 0.523. The third-order valence-electron chi connectivity index (χ3n) is 2.83. The topological polar surface area (TPSA) is 24.4 Å². The summed E-state index contributed by atoms with van der Waals surface area (Å²) in [7, 11) is 0. The molecule has 0 radical (unpaired) electrons. The number of nitrogens with zero attached hydrogens (tertiary/aromatic N) is 1. The van der Waals surface area contributed by atoms with E-state index in [2.05, 4.69) is 35.1 Å². The molecule has 0 fully saturated rings. The van der Waals surface area contributed by atoms with E-state index in [-0.39, 0.29) is 5.54 Å². The van der Waals surface area contributed by atoms with Crippen LogP contribution < -0.4 is 5.32 Å². The zero-order valence-corrected chi connectivity index (χ0v) is 12.9. The summed E-state index contributed by atoms with van der Waals surface area (Å²) >= 11 is 11.3. The molecule has 1 aromatic carbocycles. The maximum Gasteiger partial charge on any atom is 0.161 e. The van der Waals surface area contributed by atoms with Crippen LogP contribution in [-0.4, -0.2) is 16.5 Å². The van der Waals surface area contributed by atoms with Crippen molar-refractivity contribution in [1.29, 1.82) is 0 Å². The quantitative estimate of drug-likeness (QED) is 0.842. The number of amidine groups is 1. The minimum Gasteiger partial charge on any atom is -0.334 e. The van der Waals surface area contributed by atoms with Crippen molar-refractivity contribution in [2.45, 2.75) is 25.8 Å². The van der Waals surface area contributed by atoms with Crippen molar-refractivity contribution in [3.05, 3.63) is 27.7 Å². The summed E-state index contributed by atoms with van der Waals surface area (Å²) in [4.78, 5) is 4.70. The zero-order chi connectivity index (χ0) is 12.5. The van der Waals surface area contributed by atoms with E-state index in [1.165, 1.54) is 0 Å². The summed E-state index contributed by atoms with van der Waals surface area (Å²) in [6.45, 7) is 4.34. The van der Waals surface area contributed by atoms with Crippen LogP contribution in [0.25, 0.3) is 0 Å². The highest BCUT2D eigenvalue weighted by molar-refractivity contribution is 9.10. The molecule has 0 spiro atoms. The van der Waals surface area contributed by atoms with Crippen molar-refractivity contribution in [3.8, 4) is 0 Å². The molecule has 5 heteroatoms. The number of hydrogen-bond donors (Lipinski definition) is 1. The van der Waals surface area contributed by atoms with Crippen molar-refractivity contribution < 1.29 is 0 Å². The van der Waals surface area contributed by atoms with E-state index < -0.39 is 0 Å². The molecule has 92 valence electrons. The summed E-state index contributed by atoms with van der Waals surface area (Å²) < 4.78 is 0.979. The van der Waals surface area contributed by atoms with Gasteiger partial charge in [-0.25, -0.2) is 0 Å². The molecular formula is C12H14BrClN2S. The molecule has 0 aromatic heterocycles. The summed E-state index contributed by atoms with van der Waals surface area (Å²) in [6, 6.07) is 5.80. The molecular weight excluding hydrogens is 320 g/mol. The highest BCUT2D eigenvalue weighted by Crippen LogP contribution is 2.32. The molecule has 1 N–H and O–H groups in total. The van der Waals surface area contributed by atoms with E-state index in [9.17, 15) is 0 Å². The summed E-state index contributed by atoms with van der Waals surface area (Å²) in [5.74, 6) is 1.03. The van der Waals surface area contributed by atoms with Crippen molar-refractivity contribution in [1.82, 2.24) is 0 Å². The fourth-order valence-corrected chi connectivity index (χ4v) is 3.39. The molecule has 1 aliphatic heterocycles. The average Bonchev–Trinajstić information content (AvgIpc) is 2.66. The van der Waals surface area contributed by atoms with E-state index in [1.807, 2.05) is 18.2 Å². The third kappa shape index (κ3) is 3.18. The number of aliphatic imine (C=N–C) groups is 1. The molecule has 1 aromatic rings. The molecule has 0 amide bonds. The van der Waals surface area contributed by atoms with Crippen LogP contribution in [0.3, 0.4) is 0 Å². The number of anilines is 1. The Morgan fingerprint density at radius 3 is 2.94 bits per heavy atom. The van der Waals surface area contributed by atoms with Gasteiger partial charge in [0, 0.05) is 10.2 Å². The Morgan fingerprint density at radius 1 is 1.59 bits per heavy atom. The minimum atomic E-state index is 0.0643. The first-order valence-corrected chi connectivity index (χ1v) is 7.63. The van der Waals surface area contributed by atoms with E-state index in [0.717, 1.165) is 27.5 Å². The molecule has 2 nitrogen and oxygen atoms in total. The lowest BCUT2D eigenvalue weighted by Crippen LogP contribution is -2.20. The number of thioether (sulfide) groups is 1. The highest BCUT2D eigenvalue weighted by Gasteiger charge is 2.28. The van der Waals surface area contributed by atoms with Gasteiger partial charge < -0.3 is 5.32 Å². The minimum absolute atomic E-state index is 0.0643. The van der Waals surface area contributed by atoms with Gasteiger partial charge in [-0.15, -0.1) is 0 Å². The Bertz CT molecular complexity index is 464. The predicted molar refractivity (Wildman–Crippen MR) is 81.4 cm³/mol. The second-order valence-electron chi connectivity index (χ2n) is 4.31. The lowest BCUT2D eigenvalue weighted by atomic mass is 10.0. The second-order valence-corrected chi connectivity index (χ2v) is 6.59. The number of nitrogens with one attached hydrogen (secondary N) is 1. The molecule has 2 rings (SSSR count). The summed E-state index contributed by atoms with van der Waals surface area (Å²) in [5, 5.41) is 4.94. The molecule has 0 bridgehead atoms. The molecule has 1 unspecified atom stereocenters. The van der Waals surface area contributed by atoms with Crippen LogP contribution in [0.5, 0.6) is 0 Å². The molecule has 1 atom stereocenters. The largest absolute Gasteiger partial charge is 0.334 e. The summed E-state index contributed by atoms with van der Waals surface area (Å²) in [6.07, 6.45) is 1.05. The molecule has 17 heavy (non-hydrogen) atoms. The van der Waals surface area contributed by atoms with E-state index in [1.54, 1.807) is 11.8 Å². The molecule has 0 saturated heterocycles. The maximum atomic E-state index is 6.16. The fraction of sp³-hybridized carbons (Fsp3) is 0.417. The fourth-order valence-electron chi connectivity index (χ4n) is 1.48. The standard InChI is InChI=1S/C12H14BrClN2S/c1-3-12(2)7-17-11(16-12)15-10-5-4-8(13)6-9(10)14/h4-6H,3,7H2,1-2H3,(H,15,16). The monoisotopic (exact) mass is 332 g/mol. The second kappa shape index (κ2) is 5.21. The molecule has 0 saturated carbocycles. The first-order chi connectivity index (χ1) is 8.02. The van der Waals surface area contributed by atoms with Gasteiger partial charge in [-0.1, -0.05) is 46.2 Å². The first kappa shape index (κ1) is 13.2. The van der Waals surface area contributed by atoms with Crippen LogP contribution >= 0.6 is 39.3 Å². The van der Waals surface area contributed by atoms with Gasteiger partial charge in [-0.05, 0) is 31.5 Å². The van der Waals surface area contributed by atoms with Crippen LogP contribution in [0, 0.1) is 0 Å². The first-order valence-electron chi connectivity index (χ1n) is 5.47. The average molecular weight is 334 g/mol. The van der Waals surface area contributed by atoms with E-state index in [0.29, 0.717) is 5.02 Å². The van der Waals surface area contributed by atoms with E-state index in [4.69, 9.17) is 16.6 Å². The van der Waals surface area contributed by atoms with Crippen molar-refractivity contribution in [2.24, 2.45) is 4.99 Å². The Kier molecular flexibility index (Phi) is 4.06. The van der Waals surface area contributed by atoms with Gasteiger partial charge in [0.1, 0.15) is 0 Å². The number of benzene rings is 1. The van der Waals surface area contributed by atoms with Gasteiger partial charge in [-0.2, -0.15) is 0 Å². The van der Waals surface area contributed by atoms with Crippen molar-refractivity contribution in [3.63, 3.8) is 0 Å². The van der Waals surface area contributed by atoms with Crippen LogP contribution in [0.4, 0.5) is 5.69 Å². The van der Waals surface area contributed by atoms with Gasteiger partial charge in [0.05, 0.1) is 16.2 Å². The SMILES string of the molecule is CCC1(C)CSC(Nc2ccc(Br)cc2Cl)=N1. The van der Waals surface area contributed by atoms with Gasteiger partial charge in [0.25, 0.3) is 0 Å². The van der Waals surface area contributed by atoms with Gasteiger partial charge in [-0.3, -0.25) is 4.99 Å². The zero-order valence-electron chi connectivity index (χ0n) is 9.76. The van der Waals surface area contributed by atoms with Crippen LogP contribution in [0.1, 0.15) is 20.3 Å². The third-order valence-corrected chi connectivity index (χ3v) is 4.86. The predicted octanol–water partition coefficient (Wildman–Crippen LogP) is 4.79. The van der Waals surface area contributed by atoms with Crippen LogP contribution in [0.2, 0.25) is 5.02 Å². The molecule has 1 heterocycles. The summed E-state index contributed by atoms with van der Waals surface area (Å²) in [5.41, 5.74) is 0.968. The smallest absolute Gasteiger partial charge is 0.161 e. The number of hydrogen-bond acceptors (Lipinski definition) is 3. The highest BCUT2D eigenvalue weighted by atomic mass is 79.9.